The number of pyridine rings is 1. The van der Waals surface area contributed by atoms with Crippen molar-refractivity contribution >= 4 is 30.7 Å². The molecule has 0 bridgehead atoms. The largest absolute Gasteiger partial charge is 0.349 e. The van der Waals surface area contributed by atoms with E-state index in [4.69, 9.17) is 5.73 Å². The molecule has 4 nitrogen and oxygen atoms in total. The Labute approximate surface area is 139 Å². The maximum absolute atomic E-state index is 12.4. The van der Waals surface area contributed by atoms with Gasteiger partial charge in [0.1, 0.15) is 0 Å². The van der Waals surface area contributed by atoms with Crippen LogP contribution in [0, 0.1) is 5.92 Å². The number of carbonyl (C=O) groups is 1. The number of nitrogens with one attached hydrogen (secondary N) is 1. The van der Waals surface area contributed by atoms with E-state index in [1.165, 1.54) is 0 Å². The summed E-state index contributed by atoms with van der Waals surface area (Å²) < 4.78 is 0. The summed E-state index contributed by atoms with van der Waals surface area (Å²) in [6, 6.07) is 3.82. The molecule has 0 spiro atoms. The van der Waals surface area contributed by atoms with Crippen molar-refractivity contribution in [2.24, 2.45) is 11.7 Å². The van der Waals surface area contributed by atoms with Crippen molar-refractivity contribution in [2.45, 2.75) is 51.1 Å². The van der Waals surface area contributed by atoms with Crippen LogP contribution in [0.2, 0.25) is 0 Å². The van der Waals surface area contributed by atoms with Crippen molar-refractivity contribution in [1.29, 1.82) is 0 Å². The number of hydrogen-bond acceptors (Lipinski definition) is 3. The number of carbonyl (C=O) groups excluding carboxylic acids is 1. The Hall–Kier alpha value is -0.840. The third-order valence-corrected chi connectivity index (χ3v) is 4.11. The van der Waals surface area contributed by atoms with Crippen LogP contribution in [0.25, 0.3) is 0 Å². The Morgan fingerprint density at radius 3 is 2.76 bits per heavy atom. The molecule has 1 heterocycles. The van der Waals surface area contributed by atoms with Crippen LogP contribution in [0.4, 0.5) is 0 Å². The number of hydrogen-bond donors (Lipinski definition) is 2. The zero-order valence-corrected chi connectivity index (χ0v) is 14.2. The second-order valence-electron chi connectivity index (χ2n) is 5.82. The molecule has 6 heteroatoms. The topological polar surface area (TPSA) is 68.0 Å². The van der Waals surface area contributed by atoms with Crippen LogP contribution in [0.1, 0.15) is 51.1 Å². The van der Waals surface area contributed by atoms with Gasteiger partial charge in [-0.25, -0.2) is 0 Å². The quantitative estimate of drug-likeness (QED) is 0.893. The van der Waals surface area contributed by atoms with E-state index in [9.17, 15) is 4.79 Å². The molecule has 0 aromatic carbocycles. The number of halogens is 2. The summed E-state index contributed by atoms with van der Waals surface area (Å²) in [6.45, 7) is 3.97. The van der Waals surface area contributed by atoms with E-state index >= 15 is 0 Å². The van der Waals surface area contributed by atoms with E-state index in [0.29, 0.717) is 0 Å². The van der Waals surface area contributed by atoms with Gasteiger partial charge in [0.2, 0.25) is 5.91 Å². The Bertz CT molecular complexity index is 440. The first-order valence-electron chi connectivity index (χ1n) is 7.00. The lowest BCUT2D eigenvalue weighted by molar-refractivity contribution is -0.128. The Balaban J connectivity index is 0.00000200. The molecule has 1 aliphatic carbocycles. The molecule has 120 valence electrons. The summed E-state index contributed by atoms with van der Waals surface area (Å²) in [5, 5.41) is 3.06. The predicted molar refractivity (Wildman–Crippen MR) is 89.8 cm³/mol. The fourth-order valence-corrected chi connectivity index (χ4v) is 2.82. The van der Waals surface area contributed by atoms with Gasteiger partial charge in [0.05, 0.1) is 12.0 Å². The molecule has 1 amide bonds. The molecule has 1 aliphatic rings. The van der Waals surface area contributed by atoms with Crippen molar-refractivity contribution in [2.75, 3.05) is 0 Å². The highest BCUT2D eigenvalue weighted by Crippen LogP contribution is 2.32. The third kappa shape index (κ3) is 5.13. The number of nitrogens with two attached hydrogens (primary N) is 1. The zero-order valence-electron chi connectivity index (χ0n) is 12.5. The lowest BCUT2D eigenvalue weighted by Crippen LogP contribution is -2.53. The van der Waals surface area contributed by atoms with Crippen molar-refractivity contribution in [3.8, 4) is 0 Å². The van der Waals surface area contributed by atoms with Crippen molar-refractivity contribution in [3.05, 3.63) is 30.1 Å². The second-order valence-corrected chi connectivity index (χ2v) is 5.82. The Morgan fingerprint density at radius 1 is 1.48 bits per heavy atom. The lowest BCUT2D eigenvalue weighted by Gasteiger charge is -2.37. The summed E-state index contributed by atoms with van der Waals surface area (Å²) in [7, 11) is 0. The van der Waals surface area contributed by atoms with E-state index in [2.05, 4.69) is 10.3 Å². The number of amides is 1. The molecular formula is C15H25Cl2N3O. The average Bonchev–Trinajstić information content (AvgIpc) is 2.39. The van der Waals surface area contributed by atoms with Crippen molar-refractivity contribution in [1.82, 2.24) is 10.3 Å². The van der Waals surface area contributed by atoms with E-state index in [-0.39, 0.29) is 48.2 Å². The van der Waals surface area contributed by atoms with Crippen molar-refractivity contribution < 1.29 is 4.79 Å². The minimum absolute atomic E-state index is 0. The second kappa shape index (κ2) is 8.57. The molecular weight excluding hydrogens is 309 g/mol. The van der Waals surface area contributed by atoms with Gasteiger partial charge >= 0.3 is 0 Å². The van der Waals surface area contributed by atoms with Crippen LogP contribution in [0.3, 0.4) is 0 Å². The fourth-order valence-electron chi connectivity index (χ4n) is 2.82. The van der Waals surface area contributed by atoms with Gasteiger partial charge in [-0.05, 0) is 38.3 Å². The summed E-state index contributed by atoms with van der Waals surface area (Å²) in [5.74, 6) is -0.0126. The van der Waals surface area contributed by atoms with Gasteiger partial charge in [0, 0.05) is 17.9 Å². The molecule has 21 heavy (non-hydrogen) atoms. The number of rotatable bonds is 3. The molecule has 3 N–H and O–H groups in total. The average molecular weight is 334 g/mol. The van der Waals surface area contributed by atoms with Crippen LogP contribution in [-0.4, -0.2) is 16.4 Å². The van der Waals surface area contributed by atoms with Gasteiger partial charge in [-0.15, -0.1) is 24.8 Å². The molecule has 1 saturated carbocycles. The van der Waals surface area contributed by atoms with Crippen LogP contribution < -0.4 is 11.1 Å². The van der Waals surface area contributed by atoms with Gasteiger partial charge in [-0.1, -0.05) is 18.9 Å². The van der Waals surface area contributed by atoms with E-state index in [1.54, 1.807) is 12.4 Å². The van der Waals surface area contributed by atoms with Crippen molar-refractivity contribution in [3.63, 3.8) is 0 Å². The van der Waals surface area contributed by atoms with Gasteiger partial charge in [-0.3, -0.25) is 9.78 Å². The van der Waals surface area contributed by atoms with Crippen LogP contribution >= 0.6 is 24.8 Å². The standard InChI is InChI=1S/C15H23N3O.2ClH/c1-11(12-6-5-9-17-10-12)18-14(19)13-7-3-4-8-15(13,2)16;;/h5-6,9-11,13H,3-4,7-8,16H2,1-2H3,(H,18,19);2*1H/t11-,13?,15?;;/m0../s1. The summed E-state index contributed by atoms with van der Waals surface area (Å²) in [4.78, 5) is 16.5. The predicted octanol–water partition coefficient (Wildman–Crippen LogP) is 3.01. The van der Waals surface area contributed by atoms with Gasteiger partial charge in [0.25, 0.3) is 0 Å². The van der Waals surface area contributed by atoms with Crippen LogP contribution in [0.15, 0.2) is 24.5 Å². The summed E-state index contributed by atoms with van der Waals surface area (Å²) in [5.41, 5.74) is 6.91. The normalized spacial score (nSPS) is 26.0. The van der Waals surface area contributed by atoms with E-state index < -0.39 is 0 Å². The Kier molecular flexibility index (Phi) is 8.22. The highest BCUT2D eigenvalue weighted by Gasteiger charge is 2.38. The molecule has 0 aliphatic heterocycles. The van der Waals surface area contributed by atoms with Gasteiger partial charge in [-0.2, -0.15) is 0 Å². The number of nitrogens with zero attached hydrogens (tertiary/aromatic N) is 1. The summed E-state index contributed by atoms with van der Waals surface area (Å²) in [6.07, 6.45) is 7.54. The Morgan fingerprint density at radius 2 is 2.19 bits per heavy atom. The third-order valence-electron chi connectivity index (χ3n) is 4.11. The summed E-state index contributed by atoms with van der Waals surface area (Å²) >= 11 is 0. The molecule has 0 radical (unpaired) electrons. The first-order chi connectivity index (χ1) is 9.00. The number of aromatic nitrogens is 1. The molecule has 1 fully saturated rings. The minimum atomic E-state index is -0.378. The fraction of sp³-hybridized carbons (Fsp3) is 0.600. The maximum atomic E-state index is 12.4. The van der Waals surface area contributed by atoms with Gasteiger partial charge in [0.15, 0.2) is 0 Å². The van der Waals surface area contributed by atoms with Gasteiger partial charge < -0.3 is 11.1 Å². The molecule has 2 rings (SSSR count). The molecule has 0 saturated heterocycles. The highest BCUT2D eigenvalue weighted by atomic mass is 35.5. The SMILES string of the molecule is C[C@H](NC(=O)C1CCCCC1(C)N)c1cccnc1.Cl.Cl. The molecule has 2 unspecified atom stereocenters. The zero-order chi connectivity index (χ0) is 13.9. The monoisotopic (exact) mass is 333 g/mol. The van der Waals surface area contributed by atoms with Crippen LogP contribution in [-0.2, 0) is 4.79 Å². The van der Waals surface area contributed by atoms with Crippen LogP contribution in [0.5, 0.6) is 0 Å². The smallest absolute Gasteiger partial charge is 0.225 e. The first-order valence-corrected chi connectivity index (χ1v) is 7.00. The lowest BCUT2D eigenvalue weighted by atomic mass is 9.74. The molecule has 3 atom stereocenters. The first kappa shape index (κ1) is 20.2. The van der Waals surface area contributed by atoms with E-state index in [1.807, 2.05) is 26.0 Å². The minimum Gasteiger partial charge on any atom is -0.349 e. The molecule has 1 aromatic rings. The van der Waals surface area contributed by atoms with E-state index in [0.717, 1.165) is 31.2 Å². The highest BCUT2D eigenvalue weighted by molar-refractivity contribution is 5.85. The molecule has 1 aromatic heterocycles. The maximum Gasteiger partial charge on any atom is 0.225 e.